The van der Waals surface area contributed by atoms with Crippen LogP contribution in [0.1, 0.15) is 24.4 Å². The molecule has 1 heterocycles. The van der Waals surface area contributed by atoms with E-state index in [1.54, 1.807) is 0 Å². The van der Waals surface area contributed by atoms with E-state index in [0.29, 0.717) is 5.56 Å². The third-order valence-corrected chi connectivity index (χ3v) is 2.62. The second-order valence-electron chi connectivity index (χ2n) is 3.61. The Balaban J connectivity index is 2.40. The number of halogens is 1. The van der Waals surface area contributed by atoms with Crippen molar-refractivity contribution >= 4 is 5.69 Å². The van der Waals surface area contributed by atoms with Crippen molar-refractivity contribution in [3.63, 3.8) is 0 Å². The van der Waals surface area contributed by atoms with Gasteiger partial charge in [-0.15, -0.1) is 0 Å². The Kier molecular flexibility index (Phi) is 2.64. The summed E-state index contributed by atoms with van der Waals surface area (Å²) in [4.78, 5) is 10.2. The molecule has 1 saturated heterocycles. The number of nitrogens with zero attached hydrogens (tertiary/aromatic N) is 1. The molecule has 2 rings (SSSR count). The molecule has 0 aromatic heterocycles. The molecule has 1 atom stereocenters. The van der Waals surface area contributed by atoms with Crippen LogP contribution in [0.15, 0.2) is 18.2 Å². The molecule has 1 aliphatic heterocycles. The summed E-state index contributed by atoms with van der Waals surface area (Å²) in [6.07, 6.45) is 1.87. The van der Waals surface area contributed by atoms with Crippen molar-refractivity contribution in [2.45, 2.75) is 18.9 Å². The molecule has 1 aromatic carbocycles. The highest BCUT2D eigenvalue weighted by Crippen LogP contribution is 2.30. The van der Waals surface area contributed by atoms with E-state index in [9.17, 15) is 14.5 Å². The van der Waals surface area contributed by atoms with Gasteiger partial charge in [-0.25, -0.2) is 4.39 Å². The third-order valence-electron chi connectivity index (χ3n) is 2.62. The predicted octanol–water partition coefficient (Wildman–Crippen LogP) is 2.16. The maximum Gasteiger partial charge on any atom is 0.277 e. The lowest BCUT2D eigenvalue weighted by Crippen LogP contribution is -2.14. The molecule has 0 amide bonds. The number of nitrogens with one attached hydrogen (secondary N) is 1. The number of nitro benzene ring substituents is 1. The summed E-state index contributed by atoms with van der Waals surface area (Å²) in [5.74, 6) is -0.566. The second-order valence-corrected chi connectivity index (χ2v) is 3.61. The molecule has 1 aromatic rings. The Morgan fingerprint density at radius 2 is 2.33 bits per heavy atom. The number of benzene rings is 1. The van der Waals surface area contributed by atoms with Crippen LogP contribution in [0.25, 0.3) is 0 Å². The van der Waals surface area contributed by atoms with Gasteiger partial charge in [0.05, 0.1) is 11.0 Å². The van der Waals surface area contributed by atoms with E-state index < -0.39 is 10.7 Å². The lowest BCUT2D eigenvalue weighted by molar-refractivity contribution is -0.386. The van der Waals surface area contributed by atoms with Crippen LogP contribution in [-0.2, 0) is 0 Å². The van der Waals surface area contributed by atoms with E-state index >= 15 is 0 Å². The van der Waals surface area contributed by atoms with Gasteiger partial charge in [-0.2, -0.15) is 0 Å². The number of hydrogen-bond acceptors (Lipinski definition) is 3. The van der Waals surface area contributed by atoms with E-state index in [2.05, 4.69) is 5.32 Å². The van der Waals surface area contributed by atoms with Crippen molar-refractivity contribution in [3.8, 4) is 0 Å². The lowest BCUT2D eigenvalue weighted by atomic mass is 10.0. The van der Waals surface area contributed by atoms with Crippen molar-refractivity contribution in [3.05, 3.63) is 39.7 Å². The number of nitro groups is 1. The fourth-order valence-corrected chi connectivity index (χ4v) is 1.92. The minimum absolute atomic E-state index is 0.00833. The SMILES string of the molecule is O=[N+]([O-])c1cc(F)ccc1C1CCCN1. The van der Waals surface area contributed by atoms with Crippen LogP contribution in [0.4, 0.5) is 10.1 Å². The first-order valence-corrected chi connectivity index (χ1v) is 4.85. The fraction of sp³-hybridized carbons (Fsp3) is 0.400. The second kappa shape index (κ2) is 3.94. The van der Waals surface area contributed by atoms with Crippen molar-refractivity contribution in [2.24, 2.45) is 0 Å². The van der Waals surface area contributed by atoms with Crippen LogP contribution < -0.4 is 5.32 Å². The average molecular weight is 210 g/mol. The molecular weight excluding hydrogens is 199 g/mol. The molecule has 4 nitrogen and oxygen atoms in total. The normalized spacial score (nSPS) is 20.5. The Bertz CT molecular complexity index is 389. The predicted molar refractivity (Wildman–Crippen MR) is 53.0 cm³/mol. The van der Waals surface area contributed by atoms with Gasteiger partial charge in [0.2, 0.25) is 0 Å². The molecule has 0 radical (unpaired) electrons. The molecule has 0 aliphatic carbocycles. The Hall–Kier alpha value is -1.49. The van der Waals surface area contributed by atoms with Crippen LogP contribution in [0, 0.1) is 15.9 Å². The van der Waals surface area contributed by atoms with Crippen LogP contribution in [0.5, 0.6) is 0 Å². The van der Waals surface area contributed by atoms with E-state index in [0.717, 1.165) is 25.5 Å². The van der Waals surface area contributed by atoms with Crippen molar-refractivity contribution in [1.29, 1.82) is 0 Å². The molecule has 0 bridgehead atoms. The molecular formula is C10H11FN2O2. The lowest BCUT2D eigenvalue weighted by Gasteiger charge is -2.10. The topological polar surface area (TPSA) is 55.2 Å². The number of rotatable bonds is 2. The molecule has 1 aliphatic rings. The van der Waals surface area contributed by atoms with Gasteiger partial charge < -0.3 is 5.32 Å². The fourth-order valence-electron chi connectivity index (χ4n) is 1.92. The van der Waals surface area contributed by atoms with E-state index in [1.807, 2.05) is 0 Å². The van der Waals surface area contributed by atoms with Crippen molar-refractivity contribution in [1.82, 2.24) is 5.32 Å². The van der Waals surface area contributed by atoms with Gasteiger partial charge >= 0.3 is 0 Å². The molecule has 0 saturated carbocycles. The quantitative estimate of drug-likeness (QED) is 0.601. The van der Waals surface area contributed by atoms with Gasteiger partial charge in [0.25, 0.3) is 5.69 Å². The Morgan fingerprint density at radius 1 is 1.53 bits per heavy atom. The molecule has 1 N–H and O–H groups in total. The monoisotopic (exact) mass is 210 g/mol. The highest BCUT2D eigenvalue weighted by Gasteiger charge is 2.24. The first-order chi connectivity index (χ1) is 7.18. The first-order valence-electron chi connectivity index (χ1n) is 4.85. The van der Waals surface area contributed by atoms with Gasteiger partial charge in [0.1, 0.15) is 5.82 Å². The summed E-state index contributed by atoms with van der Waals surface area (Å²) >= 11 is 0. The van der Waals surface area contributed by atoms with Crippen LogP contribution in [0.3, 0.4) is 0 Å². The summed E-state index contributed by atoms with van der Waals surface area (Å²) in [6, 6.07) is 3.74. The van der Waals surface area contributed by atoms with Crippen LogP contribution >= 0.6 is 0 Å². The first kappa shape index (κ1) is 10.0. The zero-order valence-corrected chi connectivity index (χ0v) is 8.07. The number of hydrogen-bond donors (Lipinski definition) is 1. The largest absolute Gasteiger partial charge is 0.310 e. The maximum absolute atomic E-state index is 12.9. The maximum atomic E-state index is 12.9. The molecule has 1 unspecified atom stereocenters. The van der Waals surface area contributed by atoms with Crippen molar-refractivity contribution in [2.75, 3.05) is 6.54 Å². The van der Waals surface area contributed by atoms with Crippen molar-refractivity contribution < 1.29 is 9.31 Å². The van der Waals surface area contributed by atoms with E-state index in [1.165, 1.54) is 12.1 Å². The molecule has 15 heavy (non-hydrogen) atoms. The molecule has 0 spiro atoms. The summed E-state index contributed by atoms with van der Waals surface area (Å²) in [7, 11) is 0. The third kappa shape index (κ3) is 1.97. The summed E-state index contributed by atoms with van der Waals surface area (Å²) < 4.78 is 12.9. The van der Waals surface area contributed by atoms with Gasteiger partial charge in [-0.3, -0.25) is 10.1 Å². The zero-order valence-electron chi connectivity index (χ0n) is 8.07. The smallest absolute Gasteiger partial charge is 0.277 e. The standard InChI is InChI=1S/C10H11FN2O2/c11-7-3-4-8(9-2-1-5-12-9)10(6-7)13(14)15/h3-4,6,9,12H,1-2,5H2. The molecule has 5 heteroatoms. The Morgan fingerprint density at radius 3 is 2.93 bits per heavy atom. The highest BCUT2D eigenvalue weighted by molar-refractivity contribution is 5.42. The van der Waals surface area contributed by atoms with Gasteiger partial charge in [0.15, 0.2) is 0 Å². The van der Waals surface area contributed by atoms with Gasteiger partial charge in [0, 0.05) is 11.6 Å². The minimum atomic E-state index is -0.566. The zero-order chi connectivity index (χ0) is 10.8. The summed E-state index contributed by atoms with van der Waals surface area (Å²) in [5.41, 5.74) is 0.452. The average Bonchev–Trinajstić information content (AvgIpc) is 2.70. The van der Waals surface area contributed by atoms with Gasteiger partial charge in [-0.05, 0) is 31.5 Å². The molecule has 80 valence electrons. The van der Waals surface area contributed by atoms with Gasteiger partial charge in [-0.1, -0.05) is 0 Å². The highest BCUT2D eigenvalue weighted by atomic mass is 19.1. The molecule has 1 fully saturated rings. The summed E-state index contributed by atoms with van der Waals surface area (Å²) in [6.45, 7) is 0.860. The Labute approximate surface area is 86.3 Å². The van der Waals surface area contributed by atoms with E-state index in [4.69, 9.17) is 0 Å². The van der Waals surface area contributed by atoms with E-state index in [-0.39, 0.29) is 11.7 Å². The summed E-state index contributed by atoms with van der Waals surface area (Å²) in [5, 5.41) is 13.9. The van der Waals surface area contributed by atoms with Crippen LogP contribution in [0.2, 0.25) is 0 Å². The minimum Gasteiger partial charge on any atom is -0.310 e. The van der Waals surface area contributed by atoms with Crippen LogP contribution in [-0.4, -0.2) is 11.5 Å².